The molecule has 0 saturated heterocycles. The second-order valence-electron chi connectivity index (χ2n) is 3.85. The summed E-state index contributed by atoms with van der Waals surface area (Å²) in [6, 6.07) is 5.44. The molecule has 0 aliphatic rings. The SMILES string of the molecule is COc1ccc(-n2ncc3c(=S)nc[nH]c32)cc1Cl. The minimum atomic E-state index is 0.514. The molecule has 1 aromatic carbocycles. The van der Waals surface area contributed by atoms with Crippen LogP contribution in [0.4, 0.5) is 0 Å². The highest BCUT2D eigenvalue weighted by Gasteiger charge is 2.09. The minimum Gasteiger partial charge on any atom is -0.495 e. The Morgan fingerprint density at radius 1 is 1.42 bits per heavy atom. The summed E-state index contributed by atoms with van der Waals surface area (Å²) in [4.78, 5) is 7.05. The number of fused-ring (bicyclic) bond motifs is 1. The summed E-state index contributed by atoms with van der Waals surface area (Å²) < 4.78 is 7.36. The molecule has 0 atom stereocenters. The second kappa shape index (κ2) is 4.64. The molecule has 0 fully saturated rings. The number of aromatic amines is 1. The van der Waals surface area contributed by atoms with Crippen LogP contribution in [0.5, 0.6) is 5.75 Å². The number of methoxy groups -OCH3 is 1. The smallest absolute Gasteiger partial charge is 0.145 e. The first kappa shape index (κ1) is 12.1. The van der Waals surface area contributed by atoms with Gasteiger partial charge in [0.1, 0.15) is 16.0 Å². The molecule has 3 aromatic rings. The van der Waals surface area contributed by atoms with Gasteiger partial charge in [-0.1, -0.05) is 23.8 Å². The third-order valence-corrected chi connectivity index (χ3v) is 3.38. The molecule has 7 heteroatoms. The number of benzene rings is 1. The van der Waals surface area contributed by atoms with E-state index < -0.39 is 0 Å². The Morgan fingerprint density at radius 3 is 3.00 bits per heavy atom. The third kappa shape index (κ3) is 1.98. The third-order valence-electron chi connectivity index (χ3n) is 2.76. The fourth-order valence-corrected chi connectivity index (χ4v) is 2.30. The van der Waals surface area contributed by atoms with Crippen molar-refractivity contribution in [3.8, 4) is 11.4 Å². The highest BCUT2D eigenvalue weighted by atomic mass is 35.5. The Hall–Kier alpha value is -1.92. The zero-order valence-corrected chi connectivity index (χ0v) is 11.5. The van der Waals surface area contributed by atoms with Gasteiger partial charge in [0.25, 0.3) is 0 Å². The number of hydrogen-bond acceptors (Lipinski definition) is 4. The van der Waals surface area contributed by atoms with Crippen LogP contribution in [0.2, 0.25) is 5.02 Å². The predicted molar refractivity (Wildman–Crippen MR) is 75.6 cm³/mol. The summed E-state index contributed by atoms with van der Waals surface area (Å²) >= 11 is 11.3. The fourth-order valence-electron chi connectivity index (χ4n) is 1.85. The lowest BCUT2D eigenvalue weighted by atomic mass is 10.3. The molecule has 1 N–H and O–H groups in total. The van der Waals surface area contributed by atoms with Gasteiger partial charge in [0.15, 0.2) is 0 Å². The largest absolute Gasteiger partial charge is 0.495 e. The lowest BCUT2D eigenvalue weighted by Gasteiger charge is -2.07. The number of nitrogens with zero attached hydrogens (tertiary/aromatic N) is 3. The predicted octanol–water partition coefficient (Wildman–Crippen LogP) is 3.14. The molecule has 0 unspecified atom stereocenters. The lowest BCUT2D eigenvalue weighted by Crippen LogP contribution is -1.98. The topological polar surface area (TPSA) is 55.7 Å². The van der Waals surface area contributed by atoms with E-state index in [4.69, 9.17) is 28.6 Å². The van der Waals surface area contributed by atoms with Crippen molar-refractivity contribution in [2.45, 2.75) is 0 Å². The number of H-pyrrole nitrogens is 1. The molecule has 0 aliphatic carbocycles. The summed E-state index contributed by atoms with van der Waals surface area (Å²) in [5.41, 5.74) is 1.60. The molecule has 0 spiro atoms. The van der Waals surface area contributed by atoms with Crippen molar-refractivity contribution in [3.05, 3.63) is 40.4 Å². The number of hydrogen-bond donors (Lipinski definition) is 1. The molecule has 0 saturated carbocycles. The molecule has 2 heterocycles. The van der Waals surface area contributed by atoms with Crippen molar-refractivity contribution in [2.75, 3.05) is 7.11 Å². The first-order valence-electron chi connectivity index (χ1n) is 5.46. The number of nitrogens with one attached hydrogen (secondary N) is 1. The quantitative estimate of drug-likeness (QED) is 0.737. The van der Waals surface area contributed by atoms with Crippen LogP contribution < -0.4 is 4.74 Å². The van der Waals surface area contributed by atoms with E-state index in [1.54, 1.807) is 36.4 Å². The highest BCUT2D eigenvalue weighted by Crippen LogP contribution is 2.27. The Bertz CT molecular complexity index is 811. The van der Waals surface area contributed by atoms with Gasteiger partial charge in [0.05, 0.1) is 35.7 Å². The number of ether oxygens (including phenoxy) is 1. The molecule has 19 heavy (non-hydrogen) atoms. The average Bonchev–Trinajstić information content (AvgIpc) is 2.84. The van der Waals surface area contributed by atoms with E-state index in [0.29, 0.717) is 15.4 Å². The molecular formula is C12H9ClN4OS. The fraction of sp³-hybridized carbons (Fsp3) is 0.0833. The molecule has 0 radical (unpaired) electrons. The monoisotopic (exact) mass is 292 g/mol. The van der Waals surface area contributed by atoms with E-state index in [1.807, 2.05) is 6.07 Å². The van der Waals surface area contributed by atoms with Gasteiger partial charge in [0.2, 0.25) is 0 Å². The Morgan fingerprint density at radius 2 is 2.26 bits per heavy atom. The minimum absolute atomic E-state index is 0.514. The molecule has 0 amide bonds. The van der Waals surface area contributed by atoms with Gasteiger partial charge in [-0.3, -0.25) is 0 Å². The van der Waals surface area contributed by atoms with Gasteiger partial charge < -0.3 is 9.72 Å². The summed E-state index contributed by atoms with van der Waals surface area (Å²) in [7, 11) is 1.58. The van der Waals surface area contributed by atoms with Crippen LogP contribution in [0.25, 0.3) is 16.7 Å². The molecule has 0 bridgehead atoms. The normalized spacial score (nSPS) is 10.8. The van der Waals surface area contributed by atoms with Gasteiger partial charge in [-0.2, -0.15) is 5.10 Å². The highest BCUT2D eigenvalue weighted by molar-refractivity contribution is 7.71. The zero-order chi connectivity index (χ0) is 13.4. The molecule has 96 valence electrons. The van der Waals surface area contributed by atoms with Crippen LogP contribution in [0, 0.1) is 4.64 Å². The maximum atomic E-state index is 6.12. The Balaban J connectivity index is 2.22. The first-order valence-corrected chi connectivity index (χ1v) is 6.24. The maximum Gasteiger partial charge on any atom is 0.145 e. The van der Waals surface area contributed by atoms with Crippen molar-refractivity contribution in [1.82, 2.24) is 19.7 Å². The maximum absolute atomic E-state index is 6.12. The summed E-state index contributed by atoms with van der Waals surface area (Å²) in [5.74, 6) is 0.622. The van der Waals surface area contributed by atoms with Crippen molar-refractivity contribution in [2.24, 2.45) is 0 Å². The zero-order valence-electron chi connectivity index (χ0n) is 9.92. The molecule has 3 rings (SSSR count). The number of halogens is 1. The standard InChI is InChI=1S/C12H9ClN4OS/c1-18-10-3-2-7(4-9(10)13)17-11-8(5-16-17)12(19)15-6-14-11/h2-6H,1H3,(H,14,15,19). The first-order chi connectivity index (χ1) is 9.20. The number of aromatic nitrogens is 4. The summed E-state index contributed by atoms with van der Waals surface area (Å²) in [6.45, 7) is 0. The molecule has 0 aliphatic heterocycles. The van der Waals surface area contributed by atoms with Gasteiger partial charge in [-0.05, 0) is 18.2 Å². The van der Waals surface area contributed by atoms with Gasteiger partial charge in [-0.15, -0.1) is 0 Å². The molecular weight excluding hydrogens is 284 g/mol. The Kier molecular flexibility index (Phi) is 2.96. The van der Waals surface area contributed by atoms with E-state index >= 15 is 0 Å². The van der Waals surface area contributed by atoms with Crippen molar-refractivity contribution in [3.63, 3.8) is 0 Å². The summed E-state index contributed by atoms with van der Waals surface area (Å²) in [5, 5.41) is 5.62. The van der Waals surface area contributed by atoms with Crippen LogP contribution in [0.1, 0.15) is 0 Å². The van der Waals surface area contributed by atoms with Gasteiger partial charge in [-0.25, -0.2) is 9.67 Å². The molecule has 5 nitrogen and oxygen atoms in total. The van der Waals surface area contributed by atoms with Crippen LogP contribution in [-0.4, -0.2) is 26.9 Å². The van der Waals surface area contributed by atoms with E-state index in [0.717, 1.165) is 16.7 Å². The van der Waals surface area contributed by atoms with Crippen molar-refractivity contribution < 1.29 is 4.74 Å². The van der Waals surface area contributed by atoms with Crippen LogP contribution in [0.15, 0.2) is 30.7 Å². The van der Waals surface area contributed by atoms with Gasteiger partial charge in [0, 0.05) is 0 Å². The molecule has 2 aromatic heterocycles. The van der Waals surface area contributed by atoms with E-state index in [2.05, 4.69) is 15.1 Å². The Labute approximate surface area is 118 Å². The average molecular weight is 293 g/mol. The van der Waals surface area contributed by atoms with E-state index in [9.17, 15) is 0 Å². The van der Waals surface area contributed by atoms with E-state index in [-0.39, 0.29) is 0 Å². The van der Waals surface area contributed by atoms with Crippen molar-refractivity contribution in [1.29, 1.82) is 0 Å². The van der Waals surface area contributed by atoms with Crippen LogP contribution >= 0.6 is 23.8 Å². The van der Waals surface area contributed by atoms with Crippen LogP contribution in [-0.2, 0) is 0 Å². The number of rotatable bonds is 2. The second-order valence-corrected chi connectivity index (χ2v) is 4.64. The summed E-state index contributed by atoms with van der Waals surface area (Å²) in [6.07, 6.45) is 3.23. The van der Waals surface area contributed by atoms with Crippen molar-refractivity contribution >= 4 is 34.9 Å². The van der Waals surface area contributed by atoms with Crippen LogP contribution in [0.3, 0.4) is 0 Å². The lowest BCUT2D eigenvalue weighted by molar-refractivity contribution is 0.415. The van der Waals surface area contributed by atoms with Gasteiger partial charge >= 0.3 is 0 Å². The van der Waals surface area contributed by atoms with E-state index in [1.165, 1.54) is 0 Å².